The van der Waals surface area contributed by atoms with Gasteiger partial charge >= 0.3 is 0 Å². The summed E-state index contributed by atoms with van der Waals surface area (Å²) in [5.41, 5.74) is 3.14. The first-order chi connectivity index (χ1) is 9.83. The van der Waals surface area contributed by atoms with E-state index in [0.717, 1.165) is 23.4 Å². The highest BCUT2D eigenvalue weighted by Crippen LogP contribution is 2.13. The molecule has 2 heterocycles. The molecule has 1 atom stereocenters. The molecular weight excluding hydrogens is 246 g/mol. The lowest BCUT2D eigenvalue weighted by Gasteiger charge is -2.13. The van der Waals surface area contributed by atoms with Gasteiger partial charge in [0.05, 0.1) is 16.9 Å². The second-order valence-electron chi connectivity index (χ2n) is 4.85. The molecule has 0 fully saturated rings. The molecule has 3 aromatic rings. The quantitative estimate of drug-likeness (QED) is 0.783. The van der Waals surface area contributed by atoms with Crippen LogP contribution in [0.2, 0.25) is 0 Å². The highest BCUT2D eigenvalue weighted by atomic mass is 14.9. The molecular formula is C17H17N3. The largest absolute Gasteiger partial charge is 0.303 e. The summed E-state index contributed by atoms with van der Waals surface area (Å²) in [6, 6.07) is 18.5. The summed E-state index contributed by atoms with van der Waals surface area (Å²) in [5, 5.41) is 4.63. The fourth-order valence-corrected chi connectivity index (χ4v) is 2.20. The molecule has 0 bridgehead atoms. The monoisotopic (exact) mass is 263 g/mol. The number of benzene rings is 1. The van der Waals surface area contributed by atoms with Crippen molar-refractivity contribution < 1.29 is 0 Å². The molecule has 0 saturated carbocycles. The van der Waals surface area contributed by atoms with E-state index < -0.39 is 0 Å². The van der Waals surface area contributed by atoms with Gasteiger partial charge in [0.25, 0.3) is 0 Å². The molecule has 3 nitrogen and oxygen atoms in total. The van der Waals surface area contributed by atoms with Gasteiger partial charge in [-0.15, -0.1) is 0 Å². The lowest BCUT2D eigenvalue weighted by molar-refractivity contribution is 0.556. The van der Waals surface area contributed by atoms with Crippen molar-refractivity contribution in [2.24, 2.45) is 0 Å². The predicted molar refractivity (Wildman–Crippen MR) is 81.2 cm³/mol. The van der Waals surface area contributed by atoms with E-state index >= 15 is 0 Å². The molecule has 3 heteroatoms. The zero-order chi connectivity index (χ0) is 13.8. The van der Waals surface area contributed by atoms with Crippen LogP contribution in [-0.4, -0.2) is 9.97 Å². The zero-order valence-corrected chi connectivity index (χ0v) is 11.5. The molecule has 0 aliphatic carbocycles. The van der Waals surface area contributed by atoms with E-state index in [2.05, 4.69) is 40.4 Å². The summed E-state index contributed by atoms with van der Waals surface area (Å²) in [5.74, 6) is 0. The number of para-hydroxylation sites is 1. The first-order valence-electron chi connectivity index (χ1n) is 6.82. The second-order valence-corrected chi connectivity index (χ2v) is 4.85. The van der Waals surface area contributed by atoms with E-state index in [1.165, 1.54) is 5.39 Å². The van der Waals surface area contributed by atoms with Crippen molar-refractivity contribution in [2.75, 3.05) is 0 Å². The molecule has 0 aliphatic heterocycles. The van der Waals surface area contributed by atoms with E-state index in [-0.39, 0.29) is 6.04 Å². The van der Waals surface area contributed by atoms with Crippen LogP contribution < -0.4 is 5.32 Å². The van der Waals surface area contributed by atoms with Crippen molar-refractivity contribution in [3.8, 4) is 0 Å². The number of nitrogens with one attached hydrogen (secondary N) is 1. The van der Waals surface area contributed by atoms with E-state index in [0.29, 0.717) is 0 Å². The number of nitrogens with zero attached hydrogens (tertiary/aromatic N) is 2. The molecule has 0 amide bonds. The van der Waals surface area contributed by atoms with E-state index in [1.54, 1.807) is 0 Å². The molecule has 2 aromatic heterocycles. The summed E-state index contributed by atoms with van der Waals surface area (Å²) < 4.78 is 0. The fourth-order valence-electron chi connectivity index (χ4n) is 2.20. The third-order valence-corrected chi connectivity index (χ3v) is 3.38. The van der Waals surface area contributed by atoms with E-state index in [9.17, 15) is 0 Å². The van der Waals surface area contributed by atoms with Gasteiger partial charge in [-0.25, -0.2) is 0 Å². The van der Waals surface area contributed by atoms with Crippen molar-refractivity contribution >= 4 is 10.9 Å². The van der Waals surface area contributed by atoms with Crippen LogP contribution in [0.4, 0.5) is 0 Å². The number of fused-ring (bicyclic) bond motifs is 1. The van der Waals surface area contributed by atoms with Gasteiger partial charge in [0.15, 0.2) is 0 Å². The van der Waals surface area contributed by atoms with Gasteiger partial charge in [0, 0.05) is 24.2 Å². The lowest BCUT2D eigenvalue weighted by atomic mass is 10.2. The summed E-state index contributed by atoms with van der Waals surface area (Å²) in [6.07, 6.45) is 1.82. The van der Waals surface area contributed by atoms with E-state index in [4.69, 9.17) is 0 Å². The van der Waals surface area contributed by atoms with Crippen LogP contribution in [0.5, 0.6) is 0 Å². The maximum Gasteiger partial charge on any atom is 0.0705 e. The molecule has 0 saturated heterocycles. The molecule has 20 heavy (non-hydrogen) atoms. The molecule has 0 unspecified atom stereocenters. The first kappa shape index (κ1) is 12.8. The molecule has 1 aromatic carbocycles. The van der Waals surface area contributed by atoms with Crippen molar-refractivity contribution in [1.82, 2.24) is 15.3 Å². The van der Waals surface area contributed by atoms with Crippen LogP contribution in [0, 0.1) is 0 Å². The zero-order valence-electron chi connectivity index (χ0n) is 11.5. The average Bonchev–Trinajstić information content (AvgIpc) is 2.53. The third kappa shape index (κ3) is 2.83. The summed E-state index contributed by atoms with van der Waals surface area (Å²) in [6.45, 7) is 2.85. The minimum absolute atomic E-state index is 0.212. The number of pyridine rings is 2. The Labute approximate surface area is 118 Å². The summed E-state index contributed by atoms with van der Waals surface area (Å²) >= 11 is 0. The van der Waals surface area contributed by atoms with Gasteiger partial charge in [0.2, 0.25) is 0 Å². The minimum atomic E-state index is 0.212. The van der Waals surface area contributed by atoms with Crippen LogP contribution in [0.25, 0.3) is 10.9 Å². The smallest absolute Gasteiger partial charge is 0.0705 e. The van der Waals surface area contributed by atoms with E-state index in [1.807, 2.05) is 42.6 Å². The van der Waals surface area contributed by atoms with Gasteiger partial charge in [-0.1, -0.05) is 30.3 Å². The van der Waals surface area contributed by atoms with Gasteiger partial charge < -0.3 is 5.32 Å². The third-order valence-electron chi connectivity index (χ3n) is 3.38. The summed E-state index contributed by atoms with van der Waals surface area (Å²) in [4.78, 5) is 9.02. The standard InChI is InChI=1S/C17H17N3/c1-13(16-7-4-5-11-18-16)19-12-15-10-9-14-6-2-3-8-17(14)20-15/h2-11,13,19H,12H2,1H3/t13-/m1/s1. The van der Waals surface area contributed by atoms with Crippen molar-refractivity contribution in [3.63, 3.8) is 0 Å². The molecule has 0 radical (unpaired) electrons. The molecule has 3 rings (SSSR count). The number of aromatic nitrogens is 2. The van der Waals surface area contributed by atoms with Gasteiger partial charge in [-0.3, -0.25) is 9.97 Å². The second kappa shape index (κ2) is 5.80. The Balaban J connectivity index is 1.70. The van der Waals surface area contributed by atoms with Gasteiger partial charge in [-0.05, 0) is 31.2 Å². The Morgan fingerprint density at radius 3 is 2.70 bits per heavy atom. The van der Waals surface area contributed by atoms with Crippen LogP contribution in [0.15, 0.2) is 60.8 Å². The molecule has 0 aliphatic rings. The average molecular weight is 263 g/mol. The SMILES string of the molecule is C[C@@H](NCc1ccc2ccccc2n1)c1ccccn1. The number of rotatable bonds is 4. The lowest BCUT2D eigenvalue weighted by Crippen LogP contribution is -2.19. The van der Waals surface area contributed by atoms with Gasteiger partial charge in [0.1, 0.15) is 0 Å². The fraction of sp³-hybridized carbons (Fsp3) is 0.176. The Kier molecular flexibility index (Phi) is 3.70. The predicted octanol–water partition coefficient (Wildman–Crippen LogP) is 3.48. The van der Waals surface area contributed by atoms with Crippen LogP contribution in [-0.2, 0) is 6.54 Å². The van der Waals surface area contributed by atoms with Crippen molar-refractivity contribution in [1.29, 1.82) is 0 Å². The molecule has 100 valence electrons. The Bertz CT molecular complexity index is 695. The normalized spacial score (nSPS) is 12.4. The van der Waals surface area contributed by atoms with Crippen molar-refractivity contribution in [3.05, 3.63) is 72.2 Å². The van der Waals surface area contributed by atoms with Crippen molar-refractivity contribution in [2.45, 2.75) is 19.5 Å². The maximum absolute atomic E-state index is 4.66. The Morgan fingerprint density at radius 1 is 1.00 bits per heavy atom. The van der Waals surface area contributed by atoms with Crippen LogP contribution >= 0.6 is 0 Å². The topological polar surface area (TPSA) is 37.8 Å². The Morgan fingerprint density at radius 2 is 1.85 bits per heavy atom. The highest BCUT2D eigenvalue weighted by Gasteiger charge is 2.06. The van der Waals surface area contributed by atoms with Gasteiger partial charge in [-0.2, -0.15) is 0 Å². The molecule has 1 N–H and O–H groups in total. The molecule has 0 spiro atoms. The Hall–Kier alpha value is -2.26. The van der Waals surface area contributed by atoms with Crippen LogP contribution in [0.1, 0.15) is 24.4 Å². The first-order valence-corrected chi connectivity index (χ1v) is 6.82. The highest BCUT2D eigenvalue weighted by molar-refractivity contribution is 5.78. The number of hydrogen-bond acceptors (Lipinski definition) is 3. The minimum Gasteiger partial charge on any atom is -0.303 e. The van der Waals surface area contributed by atoms with Crippen LogP contribution in [0.3, 0.4) is 0 Å². The summed E-state index contributed by atoms with van der Waals surface area (Å²) in [7, 11) is 0. The number of hydrogen-bond donors (Lipinski definition) is 1. The maximum atomic E-state index is 4.66.